The summed E-state index contributed by atoms with van der Waals surface area (Å²) >= 11 is 1.34. The maximum absolute atomic E-state index is 10.6. The lowest BCUT2D eigenvalue weighted by molar-refractivity contribution is 0.124. The van der Waals surface area contributed by atoms with Gasteiger partial charge in [-0.2, -0.15) is 20.2 Å². The van der Waals surface area contributed by atoms with Gasteiger partial charge in [0.1, 0.15) is 0 Å². The van der Waals surface area contributed by atoms with Crippen LogP contribution in [-0.2, 0) is 10.1 Å². The van der Waals surface area contributed by atoms with Gasteiger partial charge in [-0.3, -0.25) is 4.55 Å². The molecule has 0 aromatic heterocycles. The Bertz CT molecular complexity index is 227. The van der Waals surface area contributed by atoms with E-state index in [0.29, 0.717) is 6.42 Å². The third kappa shape index (κ3) is 1.87. The van der Waals surface area contributed by atoms with Crippen LogP contribution in [0.2, 0.25) is 0 Å². The van der Waals surface area contributed by atoms with E-state index in [2.05, 4.69) is 0 Å². The summed E-state index contributed by atoms with van der Waals surface area (Å²) in [5.41, 5.74) is 0. The van der Waals surface area contributed by atoms with Crippen molar-refractivity contribution in [1.82, 2.24) is 0 Å². The highest BCUT2D eigenvalue weighted by molar-refractivity contribution is 8.00. The molecule has 0 aromatic carbocycles. The maximum Gasteiger partial charge on any atom is 0.295 e. The maximum atomic E-state index is 10.6. The molecule has 1 saturated heterocycles. The Hall–Kier alpha value is 0.220. The van der Waals surface area contributed by atoms with Crippen molar-refractivity contribution in [2.45, 2.75) is 17.8 Å². The van der Waals surface area contributed by atoms with Crippen molar-refractivity contribution in [1.29, 1.82) is 0 Å². The third-order valence-corrected chi connectivity index (χ3v) is 4.41. The van der Waals surface area contributed by atoms with Crippen LogP contribution in [0.3, 0.4) is 0 Å². The van der Waals surface area contributed by atoms with E-state index in [1.54, 1.807) is 0 Å². The zero-order valence-corrected chi connectivity index (χ0v) is 7.49. The zero-order valence-electron chi connectivity index (χ0n) is 5.86. The molecule has 1 atom stereocenters. The van der Waals surface area contributed by atoms with Crippen LogP contribution >= 0.6 is 11.8 Å². The van der Waals surface area contributed by atoms with E-state index in [1.165, 1.54) is 11.8 Å². The summed E-state index contributed by atoms with van der Waals surface area (Å²) in [4.78, 5) is -1.89. The van der Waals surface area contributed by atoms with Gasteiger partial charge in [0.25, 0.3) is 10.1 Å². The van der Waals surface area contributed by atoms with Gasteiger partial charge >= 0.3 is 0 Å². The summed E-state index contributed by atoms with van der Waals surface area (Å²) in [5.74, 6) is 0.920. The summed E-state index contributed by atoms with van der Waals surface area (Å²) in [7, 11) is -4.29. The fourth-order valence-corrected chi connectivity index (χ4v) is 3.16. The number of hydrogen-bond donors (Lipinski definition) is 2. The highest BCUT2D eigenvalue weighted by Crippen LogP contribution is 2.30. The van der Waals surface area contributed by atoms with Gasteiger partial charge in [-0.1, -0.05) is 0 Å². The van der Waals surface area contributed by atoms with Crippen molar-refractivity contribution < 1.29 is 18.1 Å². The van der Waals surface area contributed by atoms with Gasteiger partial charge in [0.05, 0.1) is 0 Å². The fraction of sp³-hybridized carbons (Fsp3) is 1.00. The second-order valence-electron chi connectivity index (χ2n) is 2.58. The quantitative estimate of drug-likeness (QED) is 0.584. The predicted octanol–water partition coefficient (Wildman–Crippen LogP) is 0.0898. The van der Waals surface area contributed by atoms with Gasteiger partial charge in [0, 0.05) is 5.75 Å². The van der Waals surface area contributed by atoms with Crippen LogP contribution in [0.5, 0.6) is 0 Å². The van der Waals surface area contributed by atoms with Crippen LogP contribution in [0.25, 0.3) is 0 Å². The summed E-state index contributed by atoms with van der Waals surface area (Å²) in [6, 6.07) is 0. The van der Waals surface area contributed by atoms with E-state index in [9.17, 15) is 13.5 Å². The van der Waals surface area contributed by atoms with Crippen LogP contribution < -0.4 is 0 Å². The Balaban J connectivity index is 2.81. The molecule has 0 aromatic rings. The van der Waals surface area contributed by atoms with Gasteiger partial charge in [-0.25, -0.2) is 0 Å². The minimum Gasteiger partial charge on any atom is -0.372 e. The van der Waals surface area contributed by atoms with Gasteiger partial charge in [-0.05, 0) is 18.6 Å². The lowest BCUT2D eigenvalue weighted by atomic mass is 10.2. The molecule has 0 bridgehead atoms. The number of thioether (sulfide) groups is 1. The van der Waals surface area contributed by atoms with Gasteiger partial charge in [-0.15, -0.1) is 0 Å². The molecule has 6 heteroatoms. The highest BCUT2D eigenvalue weighted by Gasteiger charge is 2.41. The molecule has 0 aliphatic carbocycles. The predicted molar refractivity (Wildman–Crippen MR) is 43.1 cm³/mol. The molecule has 0 amide bonds. The van der Waals surface area contributed by atoms with Crippen molar-refractivity contribution in [2.75, 3.05) is 11.5 Å². The zero-order chi connectivity index (χ0) is 8.54. The minimum atomic E-state index is -4.29. The Morgan fingerprint density at radius 3 is 2.36 bits per heavy atom. The first-order valence-electron chi connectivity index (χ1n) is 3.23. The molecule has 1 fully saturated rings. The molecule has 1 unspecified atom stereocenters. The molecule has 1 aliphatic rings. The molecule has 11 heavy (non-hydrogen) atoms. The number of rotatable bonds is 1. The molecule has 2 N–H and O–H groups in total. The largest absolute Gasteiger partial charge is 0.372 e. The van der Waals surface area contributed by atoms with E-state index in [-0.39, 0.29) is 12.2 Å². The Morgan fingerprint density at radius 2 is 2.09 bits per heavy atom. The molecule has 1 aliphatic heterocycles. The van der Waals surface area contributed by atoms with E-state index in [0.717, 1.165) is 5.75 Å². The van der Waals surface area contributed by atoms with Crippen molar-refractivity contribution in [3.05, 3.63) is 0 Å². The Morgan fingerprint density at radius 1 is 1.45 bits per heavy atom. The number of hydrogen-bond acceptors (Lipinski definition) is 4. The topological polar surface area (TPSA) is 74.6 Å². The summed E-state index contributed by atoms with van der Waals surface area (Å²) in [5, 5.41) is 9.35. The monoisotopic (exact) mass is 198 g/mol. The molecule has 1 rings (SSSR count). The average molecular weight is 198 g/mol. The van der Waals surface area contributed by atoms with Crippen molar-refractivity contribution >= 4 is 21.9 Å². The highest BCUT2D eigenvalue weighted by atomic mass is 32.2. The molecule has 66 valence electrons. The lowest BCUT2D eigenvalue weighted by Crippen LogP contribution is -2.42. The fourth-order valence-electron chi connectivity index (χ4n) is 0.958. The van der Waals surface area contributed by atoms with Crippen LogP contribution in [-0.4, -0.2) is 34.5 Å². The molecule has 0 radical (unpaired) electrons. The smallest absolute Gasteiger partial charge is 0.295 e. The first-order chi connectivity index (χ1) is 4.96. The normalized spacial score (nSPS) is 33.6. The standard InChI is InChI=1S/C5H10O4S2/c6-5(11(7,8)9)2-1-3-10-4-5/h6H,1-4H2,(H,7,8,9). The molecular weight excluding hydrogens is 188 g/mol. The van der Waals surface area contributed by atoms with Crippen molar-refractivity contribution in [2.24, 2.45) is 0 Å². The molecule has 0 spiro atoms. The van der Waals surface area contributed by atoms with Crippen LogP contribution in [0, 0.1) is 0 Å². The first kappa shape index (κ1) is 9.31. The van der Waals surface area contributed by atoms with E-state index >= 15 is 0 Å². The SMILES string of the molecule is O=S(=O)(O)C1(O)CCCSC1. The van der Waals surface area contributed by atoms with E-state index < -0.39 is 15.1 Å². The molecule has 4 nitrogen and oxygen atoms in total. The van der Waals surface area contributed by atoms with Gasteiger partial charge in [0.2, 0.25) is 0 Å². The van der Waals surface area contributed by atoms with Crippen LogP contribution in [0.15, 0.2) is 0 Å². The second kappa shape index (κ2) is 2.93. The van der Waals surface area contributed by atoms with Crippen LogP contribution in [0.1, 0.15) is 12.8 Å². The van der Waals surface area contributed by atoms with Crippen LogP contribution in [0.4, 0.5) is 0 Å². The Kier molecular flexibility index (Phi) is 2.48. The third-order valence-electron chi connectivity index (χ3n) is 1.66. The van der Waals surface area contributed by atoms with Gasteiger partial charge in [0.15, 0.2) is 4.93 Å². The minimum absolute atomic E-state index is 0.0752. The molecule has 1 heterocycles. The second-order valence-corrected chi connectivity index (χ2v) is 5.39. The van der Waals surface area contributed by atoms with E-state index in [1.807, 2.05) is 0 Å². The van der Waals surface area contributed by atoms with Gasteiger partial charge < -0.3 is 5.11 Å². The average Bonchev–Trinajstić information content (AvgIpc) is 1.87. The molecule has 0 saturated carbocycles. The van der Waals surface area contributed by atoms with Crippen molar-refractivity contribution in [3.63, 3.8) is 0 Å². The van der Waals surface area contributed by atoms with E-state index in [4.69, 9.17) is 4.55 Å². The summed E-state index contributed by atoms with van der Waals surface area (Å²) < 4.78 is 29.8. The summed E-state index contributed by atoms with van der Waals surface area (Å²) in [6.07, 6.45) is 0.764. The number of aliphatic hydroxyl groups is 1. The first-order valence-corrected chi connectivity index (χ1v) is 5.82. The summed E-state index contributed by atoms with van der Waals surface area (Å²) in [6.45, 7) is 0. The lowest BCUT2D eigenvalue weighted by Gasteiger charge is -2.27. The van der Waals surface area contributed by atoms with Crippen molar-refractivity contribution in [3.8, 4) is 0 Å². The Labute approximate surface area is 69.7 Å². The molecular formula is C5H10O4S2.